The van der Waals surface area contributed by atoms with Crippen molar-refractivity contribution in [3.05, 3.63) is 65.7 Å². The van der Waals surface area contributed by atoms with Crippen LogP contribution in [0.5, 0.6) is 0 Å². The minimum Gasteiger partial charge on any atom is -0.283 e. The molecule has 1 N–H and O–H groups in total. The van der Waals surface area contributed by atoms with Gasteiger partial charge in [0.25, 0.3) is 0 Å². The molecule has 3 nitrogen and oxygen atoms in total. The maximum atomic E-state index is 12.3. The van der Waals surface area contributed by atoms with Crippen LogP contribution in [0.3, 0.4) is 0 Å². The Labute approximate surface area is 127 Å². The van der Waals surface area contributed by atoms with E-state index in [0.29, 0.717) is 5.69 Å². The highest BCUT2D eigenvalue weighted by atomic mass is 32.2. The number of hydrogen-bond donors (Lipinski definition) is 1. The summed E-state index contributed by atoms with van der Waals surface area (Å²) in [6.07, 6.45) is 3.03. The van der Waals surface area contributed by atoms with Crippen molar-refractivity contribution in [3.63, 3.8) is 0 Å². The van der Waals surface area contributed by atoms with Gasteiger partial charge in [-0.15, -0.1) is 0 Å². The number of hydrogen-bond acceptors (Lipinski definition) is 2. The highest BCUT2D eigenvalue weighted by molar-refractivity contribution is 7.91. The third-order valence-electron chi connectivity index (χ3n) is 3.28. The second-order valence-corrected chi connectivity index (χ2v) is 6.83. The number of unbranched alkanes of at least 4 members (excludes halogenated alkanes) is 1. The summed E-state index contributed by atoms with van der Waals surface area (Å²) in [5.74, 6) is -0.00402. The number of sulfonamides is 1. The third-order valence-corrected chi connectivity index (χ3v) is 4.53. The Morgan fingerprint density at radius 3 is 2.33 bits per heavy atom. The number of benzene rings is 2. The minimum absolute atomic E-state index is 0.00402. The van der Waals surface area contributed by atoms with Gasteiger partial charge in [-0.3, -0.25) is 4.72 Å². The zero-order valence-corrected chi connectivity index (χ0v) is 13.1. The van der Waals surface area contributed by atoms with Crippen molar-refractivity contribution in [3.8, 4) is 0 Å². The van der Waals surface area contributed by atoms with E-state index < -0.39 is 10.0 Å². The van der Waals surface area contributed by atoms with Crippen molar-refractivity contribution < 1.29 is 8.42 Å². The smallest absolute Gasteiger partial charge is 0.236 e. The van der Waals surface area contributed by atoms with Gasteiger partial charge in [0, 0.05) is 0 Å². The Bertz CT molecular complexity index is 666. The summed E-state index contributed by atoms with van der Waals surface area (Å²) in [7, 11) is -3.39. The van der Waals surface area contributed by atoms with Crippen LogP contribution >= 0.6 is 0 Å². The molecule has 4 heteroatoms. The molecule has 0 aliphatic carbocycles. The van der Waals surface area contributed by atoms with E-state index in [0.717, 1.165) is 30.4 Å². The number of aryl methyl sites for hydroxylation is 1. The van der Waals surface area contributed by atoms with Crippen LogP contribution in [0.15, 0.2) is 54.6 Å². The average Bonchev–Trinajstić information content (AvgIpc) is 2.46. The maximum Gasteiger partial charge on any atom is 0.236 e. The van der Waals surface area contributed by atoms with E-state index in [1.807, 2.05) is 54.6 Å². The first-order valence-corrected chi connectivity index (χ1v) is 8.88. The fraction of sp³-hybridized carbons (Fsp3) is 0.294. The molecule has 0 saturated carbocycles. The molecule has 2 rings (SSSR count). The molecule has 0 amide bonds. The summed E-state index contributed by atoms with van der Waals surface area (Å²) in [5, 5.41) is 0. The molecule has 0 unspecified atom stereocenters. The molecular weight excluding hydrogens is 282 g/mol. The van der Waals surface area contributed by atoms with Crippen LogP contribution in [-0.4, -0.2) is 8.42 Å². The molecule has 0 aliphatic heterocycles. The van der Waals surface area contributed by atoms with Gasteiger partial charge in [0.05, 0.1) is 11.4 Å². The number of nitrogens with one attached hydrogen (secondary N) is 1. The van der Waals surface area contributed by atoms with E-state index in [9.17, 15) is 8.42 Å². The van der Waals surface area contributed by atoms with Gasteiger partial charge in [0.2, 0.25) is 10.0 Å². The Hall–Kier alpha value is -1.81. The highest BCUT2D eigenvalue weighted by Gasteiger charge is 2.13. The van der Waals surface area contributed by atoms with Crippen LogP contribution in [-0.2, 0) is 22.2 Å². The summed E-state index contributed by atoms with van der Waals surface area (Å²) < 4.78 is 27.3. The average molecular weight is 303 g/mol. The minimum atomic E-state index is -3.39. The monoisotopic (exact) mass is 303 g/mol. The molecule has 0 radical (unpaired) electrons. The predicted octanol–water partition coefficient (Wildman–Crippen LogP) is 3.97. The lowest BCUT2D eigenvalue weighted by atomic mass is 10.1. The van der Waals surface area contributed by atoms with Crippen molar-refractivity contribution >= 4 is 15.7 Å². The largest absolute Gasteiger partial charge is 0.283 e. The molecule has 0 atom stereocenters. The second kappa shape index (κ2) is 7.27. The summed E-state index contributed by atoms with van der Waals surface area (Å²) in [6.45, 7) is 2.13. The first-order chi connectivity index (χ1) is 10.1. The van der Waals surface area contributed by atoms with Crippen LogP contribution in [0.2, 0.25) is 0 Å². The molecule has 21 heavy (non-hydrogen) atoms. The molecule has 0 fully saturated rings. The van der Waals surface area contributed by atoms with E-state index in [4.69, 9.17) is 0 Å². The first kappa shape index (κ1) is 15.6. The predicted molar refractivity (Wildman–Crippen MR) is 87.7 cm³/mol. The Balaban J connectivity index is 2.13. The van der Waals surface area contributed by atoms with E-state index >= 15 is 0 Å². The van der Waals surface area contributed by atoms with Crippen molar-refractivity contribution in [1.29, 1.82) is 0 Å². The van der Waals surface area contributed by atoms with Crippen molar-refractivity contribution in [2.75, 3.05) is 4.72 Å². The second-order valence-electron chi connectivity index (χ2n) is 5.11. The standard InChI is InChI=1S/C17H21NO2S/c1-2-3-11-16-12-7-8-13-17(16)18-21(19,20)14-15-9-5-4-6-10-15/h4-10,12-13,18H,2-3,11,14H2,1H3. The molecule has 0 heterocycles. The quantitative estimate of drug-likeness (QED) is 0.841. The SMILES string of the molecule is CCCCc1ccccc1NS(=O)(=O)Cc1ccccc1. The molecule has 0 spiro atoms. The van der Waals surface area contributed by atoms with Gasteiger partial charge in [-0.25, -0.2) is 8.42 Å². The molecule has 112 valence electrons. The zero-order chi connectivity index (χ0) is 15.1. The van der Waals surface area contributed by atoms with Crippen molar-refractivity contribution in [2.24, 2.45) is 0 Å². The fourth-order valence-electron chi connectivity index (χ4n) is 2.20. The molecule has 0 aromatic heterocycles. The van der Waals surface area contributed by atoms with Crippen LogP contribution < -0.4 is 4.72 Å². The van der Waals surface area contributed by atoms with Crippen LogP contribution in [0.1, 0.15) is 30.9 Å². The van der Waals surface area contributed by atoms with Gasteiger partial charge in [-0.1, -0.05) is 61.9 Å². The normalized spacial score (nSPS) is 11.3. The Morgan fingerprint density at radius 2 is 1.62 bits per heavy atom. The van der Waals surface area contributed by atoms with Crippen LogP contribution in [0.25, 0.3) is 0 Å². The van der Waals surface area contributed by atoms with Crippen LogP contribution in [0, 0.1) is 0 Å². The van der Waals surface area contributed by atoms with Crippen LogP contribution in [0.4, 0.5) is 5.69 Å². The number of para-hydroxylation sites is 1. The van der Waals surface area contributed by atoms with Crippen molar-refractivity contribution in [2.45, 2.75) is 31.9 Å². The van der Waals surface area contributed by atoms with E-state index in [1.165, 1.54) is 0 Å². The Morgan fingerprint density at radius 1 is 0.952 bits per heavy atom. The maximum absolute atomic E-state index is 12.3. The lowest BCUT2D eigenvalue weighted by Crippen LogP contribution is -2.16. The summed E-state index contributed by atoms with van der Waals surface area (Å²) >= 11 is 0. The van der Waals surface area contributed by atoms with E-state index in [-0.39, 0.29) is 5.75 Å². The van der Waals surface area contributed by atoms with E-state index in [1.54, 1.807) is 0 Å². The number of anilines is 1. The van der Waals surface area contributed by atoms with Gasteiger partial charge in [-0.2, -0.15) is 0 Å². The summed E-state index contributed by atoms with van der Waals surface area (Å²) in [6, 6.07) is 16.8. The van der Waals surface area contributed by atoms with Gasteiger partial charge in [0.15, 0.2) is 0 Å². The number of rotatable bonds is 7. The molecule has 0 aliphatic rings. The first-order valence-electron chi connectivity index (χ1n) is 7.23. The topological polar surface area (TPSA) is 46.2 Å². The lowest BCUT2D eigenvalue weighted by Gasteiger charge is -2.12. The third kappa shape index (κ3) is 4.90. The lowest BCUT2D eigenvalue weighted by molar-refractivity contribution is 0.600. The Kier molecular flexibility index (Phi) is 5.39. The van der Waals surface area contributed by atoms with E-state index in [2.05, 4.69) is 11.6 Å². The summed E-state index contributed by atoms with van der Waals surface area (Å²) in [4.78, 5) is 0. The zero-order valence-electron chi connectivity index (χ0n) is 12.2. The highest BCUT2D eigenvalue weighted by Crippen LogP contribution is 2.20. The van der Waals surface area contributed by atoms with Gasteiger partial charge < -0.3 is 0 Å². The molecule has 0 bridgehead atoms. The fourth-order valence-corrected chi connectivity index (χ4v) is 3.44. The molecular formula is C17H21NO2S. The molecule has 2 aromatic carbocycles. The van der Waals surface area contributed by atoms with Gasteiger partial charge in [-0.05, 0) is 30.0 Å². The molecule has 0 saturated heterocycles. The molecule has 2 aromatic rings. The van der Waals surface area contributed by atoms with Gasteiger partial charge >= 0.3 is 0 Å². The van der Waals surface area contributed by atoms with Crippen molar-refractivity contribution in [1.82, 2.24) is 0 Å². The summed E-state index contributed by atoms with van der Waals surface area (Å²) in [5.41, 5.74) is 2.54. The van der Waals surface area contributed by atoms with Gasteiger partial charge in [0.1, 0.15) is 0 Å².